The molecule has 0 aromatic heterocycles. The van der Waals surface area contributed by atoms with E-state index < -0.39 is 17.5 Å². The van der Waals surface area contributed by atoms with Crippen LogP contribution in [0.15, 0.2) is 18.2 Å². The molecule has 20 heavy (non-hydrogen) atoms. The molecule has 1 atom stereocenters. The lowest BCUT2D eigenvalue weighted by atomic mass is 10.2. The molecule has 0 radical (unpaired) electrons. The number of hydrogen-bond acceptors (Lipinski definition) is 4. The first-order valence-corrected chi connectivity index (χ1v) is 6.37. The molecule has 3 N–H and O–H groups in total. The number of anilines is 1. The Balaban J connectivity index is 1.90. The predicted octanol–water partition coefficient (Wildman–Crippen LogP) is 0.563. The first kappa shape index (κ1) is 14.8. The second-order valence-corrected chi connectivity index (χ2v) is 4.64. The van der Waals surface area contributed by atoms with Crippen LogP contribution in [0.25, 0.3) is 0 Å². The Hall–Kier alpha value is -1.57. The standard InChI is InChI=1S/C13H17F2N3O2/c14-9-1-2-11(15)12(5-9)17-13(19)8-18-3-4-20-10(6-16)7-18/h1-2,5,10H,3-4,6-8,16H2,(H,17,19). The lowest BCUT2D eigenvalue weighted by molar-refractivity contribution is -0.119. The molecule has 1 aromatic carbocycles. The zero-order valence-corrected chi connectivity index (χ0v) is 10.9. The van der Waals surface area contributed by atoms with Crippen molar-refractivity contribution in [1.29, 1.82) is 0 Å². The molecule has 1 aliphatic rings. The van der Waals surface area contributed by atoms with E-state index in [1.807, 2.05) is 4.90 Å². The zero-order valence-electron chi connectivity index (χ0n) is 10.9. The van der Waals surface area contributed by atoms with E-state index in [4.69, 9.17) is 10.5 Å². The van der Waals surface area contributed by atoms with E-state index in [0.717, 1.165) is 18.2 Å². The van der Waals surface area contributed by atoms with Gasteiger partial charge in [0.05, 0.1) is 24.9 Å². The Morgan fingerprint density at radius 1 is 1.50 bits per heavy atom. The molecule has 0 aliphatic carbocycles. The Bertz CT molecular complexity index is 485. The van der Waals surface area contributed by atoms with Gasteiger partial charge in [-0.1, -0.05) is 0 Å². The second kappa shape index (κ2) is 6.74. The first-order chi connectivity index (χ1) is 9.58. The number of halogens is 2. The maximum Gasteiger partial charge on any atom is 0.238 e. The van der Waals surface area contributed by atoms with Gasteiger partial charge < -0.3 is 15.8 Å². The molecule has 0 spiro atoms. The van der Waals surface area contributed by atoms with Crippen molar-refractivity contribution in [2.45, 2.75) is 6.10 Å². The molecule has 1 aliphatic heterocycles. The number of ether oxygens (including phenoxy) is 1. The summed E-state index contributed by atoms with van der Waals surface area (Å²) < 4.78 is 31.8. The van der Waals surface area contributed by atoms with Gasteiger partial charge >= 0.3 is 0 Å². The van der Waals surface area contributed by atoms with Gasteiger partial charge in [-0.2, -0.15) is 0 Å². The van der Waals surface area contributed by atoms with Crippen LogP contribution in [-0.2, 0) is 9.53 Å². The van der Waals surface area contributed by atoms with Crippen LogP contribution in [0.3, 0.4) is 0 Å². The highest BCUT2D eigenvalue weighted by Gasteiger charge is 2.21. The normalized spacial score (nSPS) is 19.9. The van der Waals surface area contributed by atoms with Gasteiger partial charge in [0.1, 0.15) is 11.6 Å². The van der Waals surface area contributed by atoms with Gasteiger partial charge in [-0.15, -0.1) is 0 Å². The summed E-state index contributed by atoms with van der Waals surface area (Å²) in [5.41, 5.74) is 5.36. The molecule has 7 heteroatoms. The summed E-state index contributed by atoms with van der Waals surface area (Å²) in [7, 11) is 0. The van der Waals surface area contributed by atoms with Crippen LogP contribution in [-0.4, -0.2) is 49.7 Å². The third kappa shape index (κ3) is 3.96. The van der Waals surface area contributed by atoms with E-state index in [2.05, 4.69) is 5.32 Å². The monoisotopic (exact) mass is 285 g/mol. The molecule has 1 saturated heterocycles. The van der Waals surface area contributed by atoms with E-state index in [1.54, 1.807) is 0 Å². The molecule has 1 fully saturated rings. The summed E-state index contributed by atoms with van der Waals surface area (Å²) in [6, 6.07) is 2.93. The molecule has 0 saturated carbocycles. The summed E-state index contributed by atoms with van der Waals surface area (Å²) in [6.07, 6.45) is -0.0949. The quantitative estimate of drug-likeness (QED) is 0.848. The first-order valence-electron chi connectivity index (χ1n) is 6.37. The average molecular weight is 285 g/mol. The Morgan fingerprint density at radius 3 is 3.05 bits per heavy atom. The van der Waals surface area contributed by atoms with Crippen LogP contribution in [0, 0.1) is 11.6 Å². The third-order valence-electron chi connectivity index (χ3n) is 3.06. The summed E-state index contributed by atoms with van der Waals surface area (Å²) in [5, 5.41) is 2.36. The van der Waals surface area contributed by atoms with E-state index in [-0.39, 0.29) is 18.3 Å². The number of hydrogen-bond donors (Lipinski definition) is 2. The highest BCUT2D eigenvalue weighted by molar-refractivity contribution is 5.92. The molecule has 1 unspecified atom stereocenters. The molecule has 1 amide bonds. The topological polar surface area (TPSA) is 67.6 Å². The Labute approximate surface area is 115 Å². The van der Waals surface area contributed by atoms with Crippen molar-refractivity contribution in [3.05, 3.63) is 29.8 Å². The number of carbonyl (C=O) groups is 1. The SMILES string of the molecule is NCC1CN(CC(=O)Nc2cc(F)ccc2F)CCO1. The van der Waals surface area contributed by atoms with Gasteiger partial charge in [0.2, 0.25) is 5.91 Å². The maximum absolute atomic E-state index is 13.4. The van der Waals surface area contributed by atoms with Crippen molar-refractivity contribution < 1.29 is 18.3 Å². The van der Waals surface area contributed by atoms with Crippen molar-refractivity contribution >= 4 is 11.6 Å². The fourth-order valence-electron chi connectivity index (χ4n) is 2.05. The number of nitrogens with two attached hydrogens (primary N) is 1. The largest absolute Gasteiger partial charge is 0.374 e. The van der Waals surface area contributed by atoms with Crippen LogP contribution in [0.4, 0.5) is 14.5 Å². The maximum atomic E-state index is 13.4. The van der Waals surface area contributed by atoms with Gasteiger partial charge in [-0.25, -0.2) is 8.78 Å². The van der Waals surface area contributed by atoms with Gasteiger partial charge in [0.25, 0.3) is 0 Å². The lowest BCUT2D eigenvalue weighted by Crippen LogP contribution is -2.48. The molecule has 1 heterocycles. The van der Waals surface area contributed by atoms with Crippen molar-refractivity contribution in [3.63, 3.8) is 0 Å². The molecule has 110 valence electrons. The fraction of sp³-hybridized carbons (Fsp3) is 0.462. The Morgan fingerprint density at radius 2 is 2.30 bits per heavy atom. The number of amides is 1. The Kier molecular flexibility index (Phi) is 4.99. The van der Waals surface area contributed by atoms with Gasteiger partial charge in [0, 0.05) is 25.7 Å². The van der Waals surface area contributed by atoms with Gasteiger partial charge in [-0.3, -0.25) is 9.69 Å². The molecular formula is C13H17F2N3O2. The van der Waals surface area contributed by atoms with Gasteiger partial charge in [0.15, 0.2) is 0 Å². The van der Waals surface area contributed by atoms with Crippen molar-refractivity contribution in [2.75, 3.05) is 38.1 Å². The van der Waals surface area contributed by atoms with E-state index in [0.29, 0.717) is 26.2 Å². The number of nitrogens with one attached hydrogen (secondary N) is 1. The summed E-state index contributed by atoms with van der Waals surface area (Å²) in [5.74, 6) is -1.66. The number of benzene rings is 1. The van der Waals surface area contributed by atoms with Crippen LogP contribution in [0.5, 0.6) is 0 Å². The molecular weight excluding hydrogens is 268 g/mol. The minimum atomic E-state index is -0.665. The molecule has 0 bridgehead atoms. The minimum absolute atomic E-state index is 0.0931. The number of carbonyl (C=O) groups excluding carboxylic acids is 1. The van der Waals surface area contributed by atoms with E-state index in [1.165, 1.54) is 0 Å². The average Bonchev–Trinajstić information content (AvgIpc) is 2.43. The van der Waals surface area contributed by atoms with Crippen LogP contribution < -0.4 is 11.1 Å². The second-order valence-electron chi connectivity index (χ2n) is 4.64. The lowest BCUT2D eigenvalue weighted by Gasteiger charge is -2.31. The molecule has 2 rings (SSSR count). The summed E-state index contributed by atoms with van der Waals surface area (Å²) in [4.78, 5) is 13.7. The van der Waals surface area contributed by atoms with Crippen LogP contribution in [0.2, 0.25) is 0 Å². The van der Waals surface area contributed by atoms with Crippen molar-refractivity contribution in [1.82, 2.24) is 4.90 Å². The van der Waals surface area contributed by atoms with E-state index in [9.17, 15) is 13.6 Å². The fourth-order valence-corrected chi connectivity index (χ4v) is 2.05. The smallest absolute Gasteiger partial charge is 0.238 e. The van der Waals surface area contributed by atoms with Crippen LogP contribution >= 0.6 is 0 Å². The molecule has 1 aromatic rings. The number of morpholine rings is 1. The molecule has 5 nitrogen and oxygen atoms in total. The van der Waals surface area contributed by atoms with Gasteiger partial charge in [-0.05, 0) is 12.1 Å². The summed E-state index contributed by atoms with van der Waals surface area (Å²) >= 11 is 0. The summed E-state index contributed by atoms with van der Waals surface area (Å²) in [6.45, 7) is 2.14. The van der Waals surface area contributed by atoms with Crippen molar-refractivity contribution in [3.8, 4) is 0 Å². The highest BCUT2D eigenvalue weighted by Crippen LogP contribution is 2.15. The highest BCUT2D eigenvalue weighted by atomic mass is 19.1. The predicted molar refractivity (Wildman–Crippen MR) is 70.2 cm³/mol. The van der Waals surface area contributed by atoms with Crippen molar-refractivity contribution in [2.24, 2.45) is 5.73 Å². The number of nitrogens with zero attached hydrogens (tertiary/aromatic N) is 1. The third-order valence-corrected chi connectivity index (χ3v) is 3.06. The minimum Gasteiger partial charge on any atom is -0.374 e. The zero-order chi connectivity index (χ0) is 14.5. The van der Waals surface area contributed by atoms with Crippen LogP contribution in [0.1, 0.15) is 0 Å². The van der Waals surface area contributed by atoms with E-state index >= 15 is 0 Å². The number of rotatable bonds is 4.